The molecule has 74 valence electrons. The van der Waals surface area contributed by atoms with E-state index in [1.807, 2.05) is 13.0 Å². The third kappa shape index (κ3) is 3.28. The Morgan fingerprint density at radius 2 is 2.29 bits per heavy atom. The minimum Gasteiger partial charge on any atom is -0.294 e. The first-order valence-electron chi connectivity index (χ1n) is 4.23. The minimum atomic E-state index is 0.0931. The summed E-state index contributed by atoms with van der Waals surface area (Å²) in [6.45, 7) is 1.83. The van der Waals surface area contributed by atoms with Gasteiger partial charge in [0.2, 0.25) is 0 Å². The summed E-state index contributed by atoms with van der Waals surface area (Å²) in [6.07, 6.45) is 3.72. The zero-order chi connectivity index (χ0) is 10.6. The molecule has 1 rings (SSSR count). The van der Waals surface area contributed by atoms with Gasteiger partial charge in [-0.25, -0.2) is 0 Å². The van der Waals surface area contributed by atoms with Gasteiger partial charge in [0.1, 0.15) is 0 Å². The first kappa shape index (κ1) is 11.5. The predicted octanol–water partition coefficient (Wildman–Crippen LogP) is 3.79. The van der Waals surface area contributed by atoms with Crippen LogP contribution in [-0.2, 0) is 11.2 Å². The highest BCUT2D eigenvalue weighted by Crippen LogP contribution is 2.22. The van der Waals surface area contributed by atoms with Crippen molar-refractivity contribution in [2.24, 2.45) is 0 Å². The number of allylic oxidation sites excluding steroid dienone is 2. The summed E-state index contributed by atoms with van der Waals surface area (Å²) in [4.78, 5) is 11.3. The Morgan fingerprint density at radius 3 is 2.86 bits per heavy atom. The van der Waals surface area contributed by atoms with Crippen LogP contribution in [0.3, 0.4) is 0 Å². The Kier molecular flexibility index (Phi) is 4.36. The summed E-state index contributed by atoms with van der Waals surface area (Å²) >= 11 is 9.15. The van der Waals surface area contributed by atoms with Crippen LogP contribution in [0.1, 0.15) is 12.5 Å². The molecule has 1 aromatic carbocycles. The summed E-state index contributed by atoms with van der Waals surface area (Å²) in [6, 6.07) is 5.43. The predicted molar refractivity (Wildman–Crippen MR) is 62.7 cm³/mol. The van der Waals surface area contributed by atoms with Gasteiger partial charge in [-0.1, -0.05) is 39.7 Å². The van der Waals surface area contributed by atoms with Gasteiger partial charge in [-0.05, 0) is 30.7 Å². The zero-order valence-corrected chi connectivity index (χ0v) is 10.1. The van der Waals surface area contributed by atoms with Gasteiger partial charge in [-0.15, -0.1) is 0 Å². The van der Waals surface area contributed by atoms with Gasteiger partial charge < -0.3 is 0 Å². The molecule has 0 aliphatic carbocycles. The van der Waals surface area contributed by atoms with E-state index in [4.69, 9.17) is 11.6 Å². The topological polar surface area (TPSA) is 17.1 Å². The van der Waals surface area contributed by atoms with Crippen LogP contribution < -0.4 is 0 Å². The van der Waals surface area contributed by atoms with Gasteiger partial charge in [0.15, 0.2) is 5.78 Å². The lowest BCUT2D eigenvalue weighted by Gasteiger charge is -2.01. The van der Waals surface area contributed by atoms with Crippen molar-refractivity contribution in [3.05, 3.63) is 45.4 Å². The van der Waals surface area contributed by atoms with E-state index in [-0.39, 0.29) is 5.78 Å². The number of carbonyl (C=O) groups is 1. The third-order valence-electron chi connectivity index (χ3n) is 1.73. The highest BCUT2D eigenvalue weighted by atomic mass is 79.9. The van der Waals surface area contributed by atoms with Gasteiger partial charge in [0, 0.05) is 15.9 Å². The molecule has 0 spiro atoms. The highest BCUT2D eigenvalue weighted by Gasteiger charge is 2.04. The van der Waals surface area contributed by atoms with Crippen LogP contribution >= 0.6 is 27.5 Å². The zero-order valence-electron chi connectivity index (χ0n) is 7.76. The SMILES string of the molecule is C/C=C\C(=O)Cc1ccc(Cl)cc1Br. The van der Waals surface area contributed by atoms with E-state index in [2.05, 4.69) is 15.9 Å². The Balaban J connectivity index is 2.82. The third-order valence-corrected chi connectivity index (χ3v) is 2.71. The molecule has 0 aliphatic rings. The highest BCUT2D eigenvalue weighted by molar-refractivity contribution is 9.10. The Labute approximate surface area is 96.9 Å². The number of benzene rings is 1. The fourth-order valence-electron chi connectivity index (χ4n) is 1.10. The van der Waals surface area contributed by atoms with Crippen LogP contribution in [0.4, 0.5) is 0 Å². The van der Waals surface area contributed by atoms with Gasteiger partial charge in [-0.2, -0.15) is 0 Å². The molecule has 0 fully saturated rings. The van der Waals surface area contributed by atoms with Gasteiger partial charge in [0.25, 0.3) is 0 Å². The lowest BCUT2D eigenvalue weighted by Crippen LogP contribution is -1.98. The number of ketones is 1. The average Bonchev–Trinajstić information content (AvgIpc) is 2.10. The lowest BCUT2D eigenvalue weighted by molar-refractivity contribution is -0.114. The van der Waals surface area contributed by atoms with E-state index in [0.29, 0.717) is 11.4 Å². The van der Waals surface area contributed by atoms with E-state index in [9.17, 15) is 4.79 Å². The summed E-state index contributed by atoms with van der Waals surface area (Å²) in [5.41, 5.74) is 0.956. The molecule has 1 aromatic rings. The van der Waals surface area contributed by atoms with Gasteiger partial charge in [0.05, 0.1) is 0 Å². The number of rotatable bonds is 3. The average molecular weight is 274 g/mol. The van der Waals surface area contributed by atoms with Crippen LogP contribution in [0.2, 0.25) is 5.02 Å². The summed E-state index contributed by atoms with van der Waals surface area (Å²) < 4.78 is 0.878. The van der Waals surface area contributed by atoms with Crippen molar-refractivity contribution >= 4 is 33.3 Å². The van der Waals surface area contributed by atoms with E-state index in [1.54, 1.807) is 24.3 Å². The van der Waals surface area contributed by atoms with E-state index < -0.39 is 0 Å². The summed E-state index contributed by atoms with van der Waals surface area (Å²) in [7, 11) is 0. The maximum atomic E-state index is 11.3. The van der Waals surface area contributed by atoms with E-state index in [0.717, 1.165) is 10.0 Å². The molecule has 1 nitrogen and oxygen atoms in total. The Hall–Kier alpha value is -0.600. The van der Waals surface area contributed by atoms with Crippen LogP contribution in [0, 0.1) is 0 Å². The lowest BCUT2D eigenvalue weighted by atomic mass is 10.1. The number of hydrogen-bond donors (Lipinski definition) is 0. The number of hydrogen-bond acceptors (Lipinski definition) is 1. The maximum absolute atomic E-state index is 11.3. The molecule has 3 heteroatoms. The monoisotopic (exact) mass is 272 g/mol. The van der Waals surface area contributed by atoms with Crippen molar-refractivity contribution in [1.29, 1.82) is 0 Å². The standard InChI is InChI=1S/C11H10BrClO/c1-2-3-10(14)6-8-4-5-9(13)7-11(8)12/h2-5,7H,6H2,1H3/b3-2-. The Bertz CT molecular complexity index is 372. The first-order valence-corrected chi connectivity index (χ1v) is 5.40. The Morgan fingerprint density at radius 1 is 1.57 bits per heavy atom. The van der Waals surface area contributed by atoms with Gasteiger partial charge in [-0.3, -0.25) is 4.79 Å². The summed E-state index contributed by atoms with van der Waals surface area (Å²) in [5.74, 6) is 0.0931. The van der Waals surface area contributed by atoms with E-state index in [1.165, 1.54) is 0 Å². The molecule has 0 unspecified atom stereocenters. The van der Waals surface area contributed by atoms with Crippen molar-refractivity contribution in [1.82, 2.24) is 0 Å². The molecule has 14 heavy (non-hydrogen) atoms. The molecule has 0 amide bonds. The molecule has 0 aromatic heterocycles. The second kappa shape index (κ2) is 5.32. The minimum absolute atomic E-state index is 0.0931. The number of carbonyl (C=O) groups excluding carboxylic acids is 1. The van der Waals surface area contributed by atoms with E-state index >= 15 is 0 Å². The second-order valence-corrected chi connectivity index (χ2v) is 4.17. The maximum Gasteiger partial charge on any atom is 0.159 e. The fourth-order valence-corrected chi connectivity index (χ4v) is 1.92. The smallest absolute Gasteiger partial charge is 0.159 e. The van der Waals surface area contributed by atoms with Gasteiger partial charge >= 0.3 is 0 Å². The van der Waals surface area contributed by atoms with Crippen molar-refractivity contribution in [3.8, 4) is 0 Å². The molecule has 0 aliphatic heterocycles. The molecule has 0 radical (unpaired) electrons. The first-order chi connectivity index (χ1) is 6.63. The van der Waals surface area contributed by atoms with Crippen molar-refractivity contribution in [3.63, 3.8) is 0 Å². The molecule has 0 atom stereocenters. The molecule has 0 bridgehead atoms. The normalized spacial score (nSPS) is 10.8. The molecule has 0 saturated carbocycles. The quantitative estimate of drug-likeness (QED) is 0.766. The summed E-state index contributed by atoms with van der Waals surface area (Å²) in [5, 5.41) is 0.666. The van der Waals surface area contributed by atoms with Crippen LogP contribution in [0.25, 0.3) is 0 Å². The molecular weight excluding hydrogens is 263 g/mol. The number of halogens is 2. The van der Waals surface area contributed by atoms with Crippen molar-refractivity contribution in [2.75, 3.05) is 0 Å². The molecule has 0 N–H and O–H groups in total. The van der Waals surface area contributed by atoms with Crippen LogP contribution in [0.5, 0.6) is 0 Å². The largest absolute Gasteiger partial charge is 0.294 e. The molecular formula is C11H10BrClO. The fraction of sp³-hybridized carbons (Fsp3) is 0.182. The second-order valence-electron chi connectivity index (χ2n) is 2.88. The van der Waals surface area contributed by atoms with Crippen LogP contribution in [-0.4, -0.2) is 5.78 Å². The van der Waals surface area contributed by atoms with Crippen LogP contribution in [0.15, 0.2) is 34.8 Å². The van der Waals surface area contributed by atoms with Crippen molar-refractivity contribution < 1.29 is 4.79 Å². The molecule has 0 saturated heterocycles. The molecule has 0 heterocycles. The van der Waals surface area contributed by atoms with Crippen molar-refractivity contribution in [2.45, 2.75) is 13.3 Å².